The Morgan fingerprint density at radius 3 is 1.63 bits per heavy atom. The number of aromatic nitrogens is 3. The summed E-state index contributed by atoms with van der Waals surface area (Å²) in [5.74, 6) is 0. The summed E-state index contributed by atoms with van der Waals surface area (Å²) in [6.07, 6.45) is 8.79. The van der Waals surface area contributed by atoms with Crippen molar-refractivity contribution in [2.24, 2.45) is 22.6 Å². The Bertz CT molecular complexity index is 892. The van der Waals surface area contributed by atoms with Crippen LogP contribution in [0.15, 0.2) is 73.2 Å². The molecule has 3 atom stereocenters. The van der Waals surface area contributed by atoms with E-state index < -0.39 is 11.0 Å². The minimum absolute atomic E-state index is 0.0469. The average Bonchev–Trinajstić information content (AvgIpc) is 2.74. The molecule has 1 aliphatic rings. The minimum Gasteiger partial charge on any atom is -0.328 e. The summed E-state index contributed by atoms with van der Waals surface area (Å²) < 4.78 is 0. The van der Waals surface area contributed by atoms with Crippen molar-refractivity contribution in [2.45, 2.75) is 49.7 Å². The molecule has 1 saturated carbocycles. The summed E-state index contributed by atoms with van der Waals surface area (Å²) in [5.41, 5.74) is 22.4. The van der Waals surface area contributed by atoms with Crippen molar-refractivity contribution in [2.75, 3.05) is 0 Å². The molecule has 6 heteroatoms. The fourth-order valence-corrected chi connectivity index (χ4v) is 5.08. The highest BCUT2D eigenvalue weighted by Crippen LogP contribution is 2.47. The Labute approximate surface area is 178 Å². The molecule has 3 heterocycles. The fraction of sp³-hybridized carbons (Fsp3) is 0.375. The van der Waals surface area contributed by atoms with Gasteiger partial charge in [-0.25, -0.2) is 0 Å². The highest BCUT2D eigenvalue weighted by Gasteiger charge is 2.56. The summed E-state index contributed by atoms with van der Waals surface area (Å²) in [6, 6.07) is 17.7. The van der Waals surface area contributed by atoms with Crippen molar-refractivity contribution in [3.05, 3.63) is 90.3 Å². The van der Waals surface area contributed by atoms with Crippen LogP contribution in [-0.2, 0) is 19.3 Å². The first-order valence-electron chi connectivity index (χ1n) is 10.5. The first-order chi connectivity index (χ1) is 14.5. The van der Waals surface area contributed by atoms with Gasteiger partial charge in [0.05, 0.1) is 0 Å². The normalized spacial score (nSPS) is 25.7. The van der Waals surface area contributed by atoms with Gasteiger partial charge in [-0.1, -0.05) is 18.2 Å². The topological polar surface area (TPSA) is 117 Å². The van der Waals surface area contributed by atoms with E-state index in [1.807, 2.05) is 67.0 Å². The van der Waals surface area contributed by atoms with Gasteiger partial charge >= 0.3 is 0 Å². The predicted molar refractivity (Wildman–Crippen MR) is 118 cm³/mol. The van der Waals surface area contributed by atoms with Crippen molar-refractivity contribution < 1.29 is 0 Å². The second kappa shape index (κ2) is 8.60. The van der Waals surface area contributed by atoms with Crippen LogP contribution in [-0.4, -0.2) is 32.6 Å². The Kier molecular flexibility index (Phi) is 5.90. The van der Waals surface area contributed by atoms with Crippen LogP contribution in [0.1, 0.15) is 29.9 Å². The third kappa shape index (κ3) is 4.12. The monoisotopic (exact) mass is 402 g/mol. The Balaban J connectivity index is 1.81. The van der Waals surface area contributed by atoms with Gasteiger partial charge in [0, 0.05) is 65.1 Å². The molecule has 0 spiro atoms. The van der Waals surface area contributed by atoms with E-state index in [1.54, 1.807) is 6.20 Å². The van der Waals surface area contributed by atoms with E-state index >= 15 is 0 Å². The lowest BCUT2D eigenvalue weighted by Gasteiger charge is -2.57. The standard InChI is InChI=1S/C24H30N6/c25-18-13-22(26)23(15-19-7-1-4-10-28-19,16-20-8-2-5-11-29-20)24(27,14-18)17-21-9-3-6-12-30-21/h1-12,18,22H,13-17,25-27H2. The van der Waals surface area contributed by atoms with E-state index in [1.165, 1.54) is 0 Å². The van der Waals surface area contributed by atoms with Crippen molar-refractivity contribution >= 4 is 0 Å². The first kappa shape index (κ1) is 20.6. The third-order valence-corrected chi connectivity index (χ3v) is 6.55. The van der Waals surface area contributed by atoms with Crippen molar-refractivity contribution in [3.8, 4) is 0 Å². The van der Waals surface area contributed by atoms with Gasteiger partial charge in [-0.3, -0.25) is 15.0 Å². The molecule has 6 N–H and O–H groups in total. The molecule has 0 bridgehead atoms. The van der Waals surface area contributed by atoms with E-state index in [4.69, 9.17) is 17.2 Å². The van der Waals surface area contributed by atoms with Gasteiger partial charge in [0.25, 0.3) is 0 Å². The Morgan fingerprint density at radius 2 is 1.20 bits per heavy atom. The lowest BCUT2D eigenvalue weighted by molar-refractivity contribution is 0.0254. The zero-order valence-corrected chi connectivity index (χ0v) is 17.2. The number of hydrogen-bond acceptors (Lipinski definition) is 6. The molecule has 1 fully saturated rings. The van der Waals surface area contributed by atoms with Crippen molar-refractivity contribution in [1.82, 2.24) is 15.0 Å². The van der Waals surface area contributed by atoms with Gasteiger partial charge in [-0.2, -0.15) is 0 Å². The summed E-state index contributed by atoms with van der Waals surface area (Å²) in [6.45, 7) is 0. The van der Waals surface area contributed by atoms with Crippen LogP contribution in [0.4, 0.5) is 0 Å². The van der Waals surface area contributed by atoms with Gasteiger partial charge in [0.1, 0.15) is 0 Å². The average molecular weight is 403 g/mol. The predicted octanol–water partition coefficient (Wildman–Crippen LogP) is 2.03. The SMILES string of the molecule is NC1CC(N)C(Cc2ccccn2)(Cc2ccccn2)C(N)(Cc2ccccn2)C1. The number of nitrogens with zero attached hydrogens (tertiary/aromatic N) is 3. The number of hydrogen-bond donors (Lipinski definition) is 3. The molecular weight excluding hydrogens is 372 g/mol. The highest BCUT2D eigenvalue weighted by atomic mass is 14.9. The number of nitrogens with two attached hydrogens (primary N) is 3. The van der Waals surface area contributed by atoms with E-state index in [0.29, 0.717) is 25.7 Å². The Morgan fingerprint density at radius 1 is 0.733 bits per heavy atom. The third-order valence-electron chi connectivity index (χ3n) is 6.55. The number of pyridine rings is 3. The van der Waals surface area contributed by atoms with Crippen LogP contribution in [0, 0.1) is 5.41 Å². The molecule has 0 saturated heterocycles. The smallest absolute Gasteiger partial charge is 0.0422 e. The van der Waals surface area contributed by atoms with E-state index in [0.717, 1.165) is 23.5 Å². The van der Waals surface area contributed by atoms with Crippen LogP contribution in [0.2, 0.25) is 0 Å². The summed E-state index contributed by atoms with van der Waals surface area (Å²) in [4.78, 5) is 13.8. The molecule has 0 radical (unpaired) electrons. The lowest BCUT2D eigenvalue weighted by Crippen LogP contribution is -2.71. The molecule has 6 nitrogen and oxygen atoms in total. The molecule has 3 unspecified atom stereocenters. The quantitative estimate of drug-likeness (QED) is 0.581. The molecule has 3 aromatic rings. The number of rotatable bonds is 6. The molecule has 0 amide bonds. The fourth-order valence-electron chi connectivity index (χ4n) is 5.08. The zero-order valence-electron chi connectivity index (χ0n) is 17.2. The Hall–Kier alpha value is -2.67. The van der Waals surface area contributed by atoms with Gasteiger partial charge in [0.2, 0.25) is 0 Å². The highest BCUT2D eigenvalue weighted by molar-refractivity contribution is 5.25. The zero-order chi connectivity index (χ0) is 21.0. The van der Waals surface area contributed by atoms with Crippen LogP contribution < -0.4 is 17.2 Å². The molecule has 3 aromatic heterocycles. The van der Waals surface area contributed by atoms with Gasteiger partial charge < -0.3 is 17.2 Å². The van der Waals surface area contributed by atoms with Crippen LogP contribution >= 0.6 is 0 Å². The summed E-state index contributed by atoms with van der Waals surface area (Å²) in [5, 5.41) is 0. The van der Waals surface area contributed by atoms with Crippen molar-refractivity contribution in [3.63, 3.8) is 0 Å². The second-order valence-corrected chi connectivity index (χ2v) is 8.61. The maximum atomic E-state index is 7.29. The van der Waals surface area contributed by atoms with Crippen LogP contribution in [0.3, 0.4) is 0 Å². The molecule has 0 aliphatic heterocycles. The molecule has 1 aliphatic carbocycles. The maximum Gasteiger partial charge on any atom is 0.0422 e. The van der Waals surface area contributed by atoms with Crippen LogP contribution in [0.25, 0.3) is 0 Å². The summed E-state index contributed by atoms with van der Waals surface area (Å²) in [7, 11) is 0. The molecule has 156 valence electrons. The van der Waals surface area contributed by atoms with Crippen LogP contribution in [0.5, 0.6) is 0 Å². The van der Waals surface area contributed by atoms with Gasteiger partial charge in [-0.15, -0.1) is 0 Å². The van der Waals surface area contributed by atoms with Crippen molar-refractivity contribution in [1.29, 1.82) is 0 Å². The molecule has 0 aromatic carbocycles. The maximum absolute atomic E-state index is 7.29. The molecule has 4 rings (SSSR count). The summed E-state index contributed by atoms with van der Waals surface area (Å²) >= 11 is 0. The van der Waals surface area contributed by atoms with Gasteiger partial charge in [0.15, 0.2) is 0 Å². The van der Waals surface area contributed by atoms with E-state index in [-0.39, 0.29) is 12.1 Å². The first-order valence-corrected chi connectivity index (χ1v) is 10.5. The second-order valence-electron chi connectivity index (χ2n) is 8.61. The molecular formula is C24H30N6. The van der Waals surface area contributed by atoms with E-state index in [9.17, 15) is 0 Å². The minimum atomic E-state index is -0.645. The lowest BCUT2D eigenvalue weighted by atomic mass is 9.53. The molecule has 30 heavy (non-hydrogen) atoms. The largest absolute Gasteiger partial charge is 0.328 e. The van der Waals surface area contributed by atoms with E-state index in [2.05, 4.69) is 15.0 Å². The van der Waals surface area contributed by atoms with Gasteiger partial charge in [-0.05, 0) is 62.1 Å².